The second-order valence-corrected chi connectivity index (χ2v) is 8.58. The molecule has 0 aliphatic carbocycles. The van der Waals surface area contributed by atoms with E-state index in [2.05, 4.69) is 33.0 Å². The average Bonchev–Trinajstić information content (AvgIpc) is 3.32. The van der Waals surface area contributed by atoms with Gasteiger partial charge in [0.2, 0.25) is 5.91 Å². The van der Waals surface area contributed by atoms with E-state index in [0.717, 1.165) is 42.6 Å². The highest BCUT2D eigenvalue weighted by molar-refractivity contribution is 5.99. The first-order valence-corrected chi connectivity index (χ1v) is 11.5. The van der Waals surface area contributed by atoms with Gasteiger partial charge in [0.15, 0.2) is 0 Å². The molecule has 1 aliphatic rings. The van der Waals surface area contributed by atoms with Crippen LogP contribution in [0.15, 0.2) is 59.4 Å². The Morgan fingerprint density at radius 3 is 2.76 bits per heavy atom. The van der Waals surface area contributed by atoms with Crippen molar-refractivity contribution in [3.05, 3.63) is 66.2 Å². The van der Waals surface area contributed by atoms with E-state index in [-0.39, 0.29) is 17.6 Å². The van der Waals surface area contributed by atoms with Crippen LogP contribution >= 0.6 is 0 Å². The van der Waals surface area contributed by atoms with Gasteiger partial charge in [-0.3, -0.25) is 4.79 Å². The molecule has 5 rings (SSSR count). The molecule has 8 heteroatoms. The maximum atomic E-state index is 13.5. The number of amides is 1. The van der Waals surface area contributed by atoms with Gasteiger partial charge in [0.05, 0.1) is 5.92 Å². The molecule has 0 radical (unpaired) electrons. The summed E-state index contributed by atoms with van der Waals surface area (Å²) in [6, 6.07) is 14.1. The van der Waals surface area contributed by atoms with E-state index in [9.17, 15) is 9.18 Å². The van der Waals surface area contributed by atoms with Crippen LogP contribution in [-0.4, -0.2) is 41.2 Å². The predicted molar refractivity (Wildman–Crippen MR) is 129 cm³/mol. The largest absolute Gasteiger partial charge is 0.355 e. The van der Waals surface area contributed by atoms with Gasteiger partial charge in [0.25, 0.3) is 5.71 Å². The van der Waals surface area contributed by atoms with E-state index in [4.69, 9.17) is 4.52 Å². The first-order chi connectivity index (χ1) is 16.6. The van der Waals surface area contributed by atoms with Crippen molar-refractivity contribution in [3.63, 3.8) is 0 Å². The number of benzene rings is 2. The Morgan fingerprint density at radius 1 is 1.18 bits per heavy atom. The third-order valence-electron chi connectivity index (χ3n) is 6.50. The number of anilines is 2. The molecule has 2 aromatic carbocycles. The molecule has 7 nitrogen and oxygen atoms in total. The molecule has 34 heavy (non-hydrogen) atoms. The monoisotopic (exact) mass is 459 g/mol. The van der Waals surface area contributed by atoms with Crippen molar-refractivity contribution >= 4 is 28.5 Å². The van der Waals surface area contributed by atoms with Crippen LogP contribution in [0.25, 0.3) is 22.4 Å². The minimum atomic E-state index is -0.320. The summed E-state index contributed by atoms with van der Waals surface area (Å²) in [5, 5.41) is 4.86. The Labute approximate surface area is 197 Å². The van der Waals surface area contributed by atoms with Gasteiger partial charge in [-0.15, -0.1) is 0 Å². The number of hydrogen-bond donors (Lipinski definition) is 0. The van der Waals surface area contributed by atoms with Crippen molar-refractivity contribution in [1.82, 2.24) is 15.1 Å². The van der Waals surface area contributed by atoms with Crippen molar-refractivity contribution in [1.29, 1.82) is 0 Å². The Balaban J connectivity index is 1.45. The molecule has 4 aromatic rings. The molecule has 0 unspecified atom stereocenters. The fourth-order valence-corrected chi connectivity index (χ4v) is 4.72. The average molecular weight is 460 g/mol. The lowest BCUT2D eigenvalue weighted by Gasteiger charge is -2.35. The van der Waals surface area contributed by atoms with E-state index in [1.165, 1.54) is 18.5 Å². The second kappa shape index (κ2) is 9.21. The number of piperidine rings is 1. The van der Waals surface area contributed by atoms with Crippen LogP contribution in [0.2, 0.25) is 0 Å². The fraction of sp³-hybridized carbons (Fsp3) is 0.308. The number of aromatic nitrogens is 3. The van der Waals surface area contributed by atoms with Crippen LogP contribution in [0, 0.1) is 11.7 Å². The number of nitrogens with zero attached hydrogens (tertiary/aromatic N) is 5. The second-order valence-electron chi connectivity index (χ2n) is 8.58. The Bertz CT molecular complexity index is 1320. The number of hydrogen-bond acceptors (Lipinski definition) is 6. The van der Waals surface area contributed by atoms with Crippen molar-refractivity contribution < 1.29 is 13.7 Å². The molecule has 1 aliphatic heterocycles. The summed E-state index contributed by atoms with van der Waals surface area (Å²) in [4.78, 5) is 26.1. The molecule has 0 spiro atoms. The minimum Gasteiger partial charge on any atom is -0.355 e. The van der Waals surface area contributed by atoms with E-state index in [0.29, 0.717) is 29.2 Å². The molecular formula is C26H26FN5O2. The molecule has 0 N–H and O–H groups in total. The first kappa shape index (κ1) is 22.0. The van der Waals surface area contributed by atoms with Crippen LogP contribution in [-0.2, 0) is 11.2 Å². The number of halogens is 1. The summed E-state index contributed by atoms with van der Waals surface area (Å²) in [5.41, 5.74) is 3.75. The van der Waals surface area contributed by atoms with Gasteiger partial charge in [-0.2, -0.15) is 4.98 Å². The quantitative estimate of drug-likeness (QED) is 0.424. The van der Waals surface area contributed by atoms with Crippen molar-refractivity contribution in [2.75, 3.05) is 29.9 Å². The van der Waals surface area contributed by atoms with Crippen LogP contribution in [0.3, 0.4) is 0 Å². The molecule has 1 fully saturated rings. The molecule has 1 amide bonds. The van der Waals surface area contributed by atoms with Gasteiger partial charge < -0.3 is 14.3 Å². The maximum absolute atomic E-state index is 13.5. The summed E-state index contributed by atoms with van der Waals surface area (Å²) in [5.74, 6) is 0.293. The Kier molecular flexibility index (Phi) is 5.96. The summed E-state index contributed by atoms with van der Waals surface area (Å²) in [6.45, 7) is 3.40. The lowest BCUT2D eigenvalue weighted by atomic mass is 9.95. The fourth-order valence-electron chi connectivity index (χ4n) is 4.72. The highest BCUT2D eigenvalue weighted by atomic mass is 19.1. The molecule has 0 saturated carbocycles. The summed E-state index contributed by atoms with van der Waals surface area (Å²) >= 11 is 0. The van der Waals surface area contributed by atoms with Gasteiger partial charge in [0.1, 0.15) is 29.0 Å². The number of aryl methyl sites for hydroxylation is 1. The van der Waals surface area contributed by atoms with E-state index in [1.807, 2.05) is 25.2 Å². The molecule has 174 valence electrons. The lowest BCUT2D eigenvalue weighted by molar-refractivity contribution is -0.122. The molecule has 0 bridgehead atoms. The summed E-state index contributed by atoms with van der Waals surface area (Å²) < 4.78 is 18.9. The van der Waals surface area contributed by atoms with Gasteiger partial charge >= 0.3 is 0 Å². The normalized spacial score (nSPS) is 16.1. The summed E-state index contributed by atoms with van der Waals surface area (Å²) in [7, 11) is 1.85. The molecule has 3 heterocycles. The molecule has 2 aromatic heterocycles. The van der Waals surface area contributed by atoms with Gasteiger partial charge in [0, 0.05) is 31.4 Å². The van der Waals surface area contributed by atoms with Gasteiger partial charge in [-0.25, -0.2) is 9.37 Å². The zero-order chi connectivity index (χ0) is 23.7. The number of carbonyl (C=O) groups excluding carboxylic acids is 1. The summed E-state index contributed by atoms with van der Waals surface area (Å²) in [6.07, 6.45) is 3.99. The maximum Gasteiger partial charge on any atom is 0.263 e. The minimum absolute atomic E-state index is 0.0972. The number of rotatable bonds is 5. The van der Waals surface area contributed by atoms with E-state index < -0.39 is 0 Å². The molecule has 1 atom stereocenters. The zero-order valence-electron chi connectivity index (χ0n) is 19.2. The topological polar surface area (TPSA) is 75.4 Å². The Hall–Kier alpha value is -3.81. The Morgan fingerprint density at radius 2 is 1.97 bits per heavy atom. The smallest absolute Gasteiger partial charge is 0.263 e. The first-order valence-electron chi connectivity index (χ1n) is 11.5. The van der Waals surface area contributed by atoms with E-state index in [1.54, 1.807) is 17.0 Å². The SMILES string of the molecule is CCc1ccccc1N(C)C(=O)[C@@H]1CCCN(c2ncnc3onc(-c4ccc(F)cc4)c23)C1. The lowest BCUT2D eigenvalue weighted by Crippen LogP contribution is -2.44. The number of fused-ring (bicyclic) bond motifs is 1. The highest BCUT2D eigenvalue weighted by Crippen LogP contribution is 2.35. The van der Waals surface area contributed by atoms with Crippen molar-refractivity contribution in [2.45, 2.75) is 26.2 Å². The third kappa shape index (κ3) is 4.00. The van der Waals surface area contributed by atoms with Gasteiger partial charge in [-0.05, 0) is 55.2 Å². The highest BCUT2D eigenvalue weighted by Gasteiger charge is 2.31. The number of para-hydroxylation sites is 1. The standard InChI is InChI=1S/C26H26FN5O2/c1-3-17-7-4-5-9-21(17)31(2)26(33)19-8-6-14-32(15-19)24-22-23(18-10-12-20(27)13-11-18)30-34-25(22)29-16-28-24/h4-5,7,9-13,16,19H,3,6,8,14-15H2,1-2H3/t19-/m1/s1. The third-order valence-corrected chi connectivity index (χ3v) is 6.50. The number of carbonyl (C=O) groups is 1. The predicted octanol–water partition coefficient (Wildman–Crippen LogP) is 4.87. The van der Waals surface area contributed by atoms with Gasteiger partial charge in [-0.1, -0.05) is 30.3 Å². The van der Waals surface area contributed by atoms with Crippen LogP contribution < -0.4 is 9.80 Å². The zero-order valence-corrected chi connectivity index (χ0v) is 19.2. The van der Waals surface area contributed by atoms with Crippen LogP contribution in [0.1, 0.15) is 25.3 Å². The van der Waals surface area contributed by atoms with Crippen LogP contribution in [0.4, 0.5) is 15.9 Å². The van der Waals surface area contributed by atoms with Crippen LogP contribution in [0.5, 0.6) is 0 Å². The molecular weight excluding hydrogens is 433 g/mol. The van der Waals surface area contributed by atoms with Crippen molar-refractivity contribution in [2.24, 2.45) is 5.92 Å². The molecule has 1 saturated heterocycles. The van der Waals surface area contributed by atoms with E-state index >= 15 is 0 Å². The van der Waals surface area contributed by atoms with Crippen molar-refractivity contribution in [3.8, 4) is 11.3 Å².